The van der Waals surface area contributed by atoms with Crippen LogP contribution in [0.1, 0.15) is 18.1 Å². The maximum absolute atomic E-state index is 14.1. The molecule has 2 heterocycles. The molecule has 0 radical (unpaired) electrons. The molecule has 1 saturated heterocycles. The fourth-order valence-corrected chi connectivity index (χ4v) is 4.68. The zero-order valence-electron chi connectivity index (χ0n) is 19.1. The third-order valence-electron chi connectivity index (χ3n) is 6.08. The topological polar surface area (TPSA) is 96.4 Å². The number of Topliss-reactive ketones (excluding diaryl/α,β-unsaturated/α-hetero) is 1. The Kier molecular flexibility index (Phi) is 6.26. The normalized spacial score (nSPS) is 20.8. The van der Waals surface area contributed by atoms with Gasteiger partial charge in [-0.15, -0.1) is 6.58 Å². The number of fused-ring (bicyclic) bond motifs is 2. The molecule has 176 valence electrons. The fourth-order valence-electron chi connectivity index (χ4n) is 4.68. The minimum absolute atomic E-state index is 0.0108. The first kappa shape index (κ1) is 23.3. The number of amides is 2. The Morgan fingerprint density at radius 2 is 1.82 bits per heavy atom. The third kappa shape index (κ3) is 3.30. The molecule has 1 atom stereocenters. The SMILES string of the molecule is C=CCN1C(=O)C2(/C(=C(/O)c3ccc(OCC)cc3)C(=O)C(=O)N2CCOC)c2ccccc21. The van der Waals surface area contributed by atoms with Crippen molar-refractivity contribution in [1.82, 2.24) is 4.90 Å². The van der Waals surface area contributed by atoms with Gasteiger partial charge >= 0.3 is 0 Å². The Bertz CT molecular complexity index is 1190. The van der Waals surface area contributed by atoms with Gasteiger partial charge < -0.3 is 24.4 Å². The molecule has 8 nitrogen and oxygen atoms in total. The van der Waals surface area contributed by atoms with Crippen LogP contribution >= 0.6 is 0 Å². The van der Waals surface area contributed by atoms with Crippen LogP contribution in [0, 0.1) is 0 Å². The molecule has 34 heavy (non-hydrogen) atoms. The van der Waals surface area contributed by atoms with E-state index >= 15 is 0 Å². The Morgan fingerprint density at radius 3 is 2.47 bits per heavy atom. The number of carbonyl (C=O) groups is 3. The second-order valence-corrected chi connectivity index (χ2v) is 7.89. The summed E-state index contributed by atoms with van der Waals surface area (Å²) in [6.07, 6.45) is 1.57. The lowest BCUT2D eigenvalue weighted by atomic mass is 9.82. The summed E-state index contributed by atoms with van der Waals surface area (Å²) in [5.74, 6) is -2.13. The van der Waals surface area contributed by atoms with Crippen molar-refractivity contribution in [3.05, 3.63) is 77.9 Å². The van der Waals surface area contributed by atoms with Gasteiger partial charge in [-0.05, 0) is 37.3 Å². The van der Waals surface area contributed by atoms with Gasteiger partial charge in [0.05, 0.1) is 24.5 Å². The monoisotopic (exact) mass is 462 g/mol. The predicted octanol–water partition coefficient (Wildman–Crippen LogP) is 2.84. The Hall–Kier alpha value is -3.91. The van der Waals surface area contributed by atoms with Crippen molar-refractivity contribution in [2.75, 3.05) is 38.3 Å². The van der Waals surface area contributed by atoms with Crippen molar-refractivity contribution in [2.24, 2.45) is 0 Å². The van der Waals surface area contributed by atoms with Crippen LogP contribution in [0.4, 0.5) is 5.69 Å². The zero-order chi connectivity index (χ0) is 24.5. The third-order valence-corrected chi connectivity index (χ3v) is 6.08. The summed E-state index contributed by atoms with van der Waals surface area (Å²) < 4.78 is 10.6. The number of aliphatic hydroxyl groups is 1. The van der Waals surface area contributed by atoms with Crippen LogP contribution in [-0.2, 0) is 24.7 Å². The first-order valence-electron chi connectivity index (χ1n) is 11.0. The van der Waals surface area contributed by atoms with Crippen molar-refractivity contribution in [3.63, 3.8) is 0 Å². The highest BCUT2D eigenvalue weighted by Crippen LogP contribution is 2.53. The van der Waals surface area contributed by atoms with Gasteiger partial charge in [-0.2, -0.15) is 0 Å². The van der Waals surface area contributed by atoms with Gasteiger partial charge in [0.1, 0.15) is 11.5 Å². The Labute approximate surface area is 197 Å². The van der Waals surface area contributed by atoms with E-state index in [2.05, 4.69) is 6.58 Å². The summed E-state index contributed by atoms with van der Waals surface area (Å²) in [6, 6.07) is 13.4. The van der Waals surface area contributed by atoms with E-state index in [1.54, 1.807) is 54.6 Å². The van der Waals surface area contributed by atoms with E-state index in [9.17, 15) is 19.5 Å². The van der Waals surface area contributed by atoms with Crippen molar-refractivity contribution < 1.29 is 29.0 Å². The lowest BCUT2D eigenvalue weighted by molar-refractivity contribution is -0.144. The molecule has 2 aromatic rings. The Balaban J connectivity index is 2.00. The minimum Gasteiger partial charge on any atom is -0.507 e. The largest absolute Gasteiger partial charge is 0.507 e. The van der Waals surface area contributed by atoms with Crippen molar-refractivity contribution in [1.29, 1.82) is 0 Å². The highest BCUT2D eigenvalue weighted by Gasteiger charge is 2.66. The number of anilines is 1. The second-order valence-electron chi connectivity index (χ2n) is 7.89. The molecule has 1 spiro atoms. The number of nitrogens with zero attached hydrogens (tertiary/aromatic N) is 2. The highest BCUT2D eigenvalue weighted by molar-refractivity contribution is 6.50. The average molecular weight is 463 g/mol. The molecule has 0 aliphatic carbocycles. The first-order valence-corrected chi connectivity index (χ1v) is 11.0. The number of benzene rings is 2. The lowest BCUT2D eigenvalue weighted by Crippen LogP contribution is -2.52. The van der Waals surface area contributed by atoms with Crippen LogP contribution in [0.25, 0.3) is 5.76 Å². The number of ketones is 1. The second kappa shape index (κ2) is 9.15. The molecule has 2 aliphatic heterocycles. The highest BCUT2D eigenvalue weighted by atomic mass is 16.5. The van der Waals surface area contributed by atoms with Crippen LogP contribution in [0.3, 0.4) is 0 Å². The molecular formula is C26H26N2O6. The number of likely N-dealkylation sites (tertiary alicyclic amines) is 1. The molecule has 0 bridgehead atoms. The van der Waals surface area contributed by atoms with Gasteiger partial charge in [-0.1, -0.05) is 24.3 Å². The predicted molar refractivity (Wildman–Crippen MR) is 126 cm³/mol. The van der Waals surface area contributed by atoms with Gasteiger partial charge in [-0.25, -0.2) is 0 Å². The van der Waals surface area contributed by atoms with Crippen LogP contribution in [0.5, 0.6) is 5.75 Å². The quantitative estimate of drug-likeness (QED) is 0.281. The summed E-state index contributed by atoms with van der Waals surface area (Å²) in [6.45, 7) is 6.33. The van der Waals surface area contributed by atoms with E-state index in [0.717, 1.165) is 0 Å². The van der Waals surface area contributed by atoms with Gasteiger partial charge in [0.15, 0.2) is 5.54 Å². The molecule has 2 amide bonds. The number of hydrogen-bond acceptors (Lipinski definition) is 6. The Morgan fingerprint density at radius 1 is 1.12 bits per heavy atom. The summed E-state index contributed by atoms with van der Waals surface area (Å²) >= 11 is 0. The van der Waals surface area contributed by atoms with E-state index in [-0.39, 0.29) is 25.3 Å². The van der Waals surface area contributed by atoms with Crippen LogP contribution in [-0.4, -0.2) is 61.0 Å². The lowest BCUT2D eigenvalue weighted by Gasteiger charge is -2.34. The minimum atomic E-state index is -1.81. The maximum atomic E-state index is 14.1. The van der Waals surface area contributed by atoms with Gasteiger partial charge in [-0.3, -0.25) is 14.4 Å². The first-order chi connectivity index (χ1) is 16.4. The van der Waals surface area contributed by atoms with Gasteiger partial charge in [0.25, 0.3) is 17.6 Å². The van der Waals surface area contributed by atoms with Gasteiger partial charge in [0, 0.05) is 31.3 Å². The van der Waals surface area contributed by atoms with E-state index in [1.165, 1.54) is 16.9 Å². The smallest absolute Gasteiger partial charge is 0.296 e. The number of carbonyl (C=O) groups excluding carboxylic acids is 3. The number of aliphatic hydroxyl groups excluding tert-OH is 1. The molecule has 4 rings (SSSR count). The summed E-state index contributed by atoms with van der Waals surface area (Å²) in [7, 11) is 1.47. The molecule has 1 unspecified atom stereocenters. The van der Waals surface area contributed by atoms with Crippen LogP contribution in [0.15, 0.2) is 66.8 Å². The molecule has 1 fully saturated rings. The summed E-state index contributed by atoms with van der Waals surface area (Å²) in [5.41, 5.74) is -0.782. The fraction of sp³-hybridized carbons (Fsp3) is 0.269. The van der Waals surface area contributed by atoms with Crippen molar-refractivity contribution >= 4 is 29.0 Å². The molecule has 2 aromatic carbocycles. The number of hydrogen-bond donors (Lipinski definition) is 1. The van der Waals surface area contributed by atoms with Crippen molar-refractivity contribution in [3.8, 4) is 5.75 Å². The molecule has 8 heteroatoms. The number of ether oxygens (including phenoxy) is 2. The zero-order valence-corrected chi connectivity index (χ0v) is 19.1. The average Bonchev–Trinajstić information content (AvgIpc) is 3.22. The summed E-state index contributed by atoms with van der Waals surface area (Å²) in [4.78, 5) is 43.4. The van der Waals surface area contributed by atoms with Gasteiger partial charge in [0.2, 0.25) is 0 Å². The van der Waals surface area contributed by atoms with Crippen molar-refractivity contribution in [2.45, 2.75) is 12.5 Å². The van der Waals surface area contributed by atoms with Crippen LogP contribution < -0.4 is 9.64 Å². The molecule has 2 aliphatic rings. The molecule has 1 N–H and O–H groups in total. The molecule has 0 saturated carbocycles. The standard InChI is InChI=1S/C26H26N2O6/c1-4-14-27-20-9-7-6-8-19(20)26(25(27)32)21(23(30)24(31)28(26)15-16-33-3)22(29)17-10-12-18(13-11-17)34-5-2/h4,6-13,29H,1,5,14-16H2,2-3H3/b22-21+. The van der Waals surface area contributed by atoms with E-state index < -0.39 is 28.9 Å². The number of para-hydroxylation sites is 1. The van der Waals surface area contributed by atoms with E-state index in [0.29, 0.717) is 29.2 Å². The number of rotatable bonds is 8. The molecular weight excluding hydrogens is 436 g/mol. The van der Waals surface area contributed by atoms with E-state index in [4.69, 9.17) is 9.47 Å². The summed E-state index contributed by atoms with van der Waals surface area (Å²) in [5, 5.41) is 11.4. The number of methoxy groups -OCH3 is 1. The maximum Gasteiger partial charge on any atom is 0.296 e. The van der Waals surface area contributed by atoms with Crippen LogP contribution in [0.2, 0.25) is 0 Å². The van der Waals surface area contributed by atoms with E-state index in [1.807, 2.05) is 6.92 Å². The molecule has 0 aromatic heterocycles.